The van der Waals surface area contributed by atoms with E-state index in [4.69, 9.17) is 9.47 Å². The molecule has 0 radical (unpaired) electrons. The number of aryl methyl sites for hydroxylation is 1. The summed E-state index contributed by atoms with van der Waals surface area (Å²) in [5, 5.41) is -4.43. The van der Waals surface area contributed by atoms with E-state index < -0.39 is 32.4 Å². The van der Waals surface area contributed by atoms with Gasteiger partial charge < -0.3 is 9.47 Å². The molecule has 4 aromatic rings. The predicted octanol–water partition coefficient (Wildman–Crippen LogP) is 6.09. The van der Waals surface area contributed by atoms with Crippen LogP contribution in [0, 0.1) is 6.92 Å². The Hall–Kier alpha value is -4.04. The van der Waals surface area contributed by atoms with Crippen LogP contribution >= 0.6 is 0 Å². The van der Waals surface area contributed by atoms with E-state index in [0.717, 1.165) is 5.56 Å². The molecule has 4 aromatic carbocycles. The molecule has 0 aliphatic heterocycles. The fraction of sp³-hybridized carbons (Fsp3) is 0.194. The van der Waals surface area contributed by atoms with Crippen molar-refractivity contribution in [2.75, 3.05) is 13.7 Å². The third kappa shape index (κ3) is 5.43. The Balaban J connectivity index is 1.77. The molecule has 0 saturated heterocycles. The first kappa shape index (κ1) is 28.0. The van der Waals surface area contributed by atoms with Gasteiger partial charge in [-0.25, -0.2) is 8.42 Å². The summed E-state index contributed by atoms with van der Waals surface area (Å²) in [5.74, 6) is -0.408. The first-order valence-electron chi connectivity index (χ1n) is 12.2. The van der Waals surface area contributed by atoms with E-state index in [9.17, 15) is 13.2 Å². The molecule has 0 saturated carbocycles. The van der Waals surface area contributed by atoms with Gasteiger partial charge in [-0.2, -0.15) is 8.78 Å². The molecule has 202 valence electrons. The molecular weight excluding hydrogens is 522 g/mol. The SMILES string of the molecule is COc1ccc(CC(=O)OCC(F)(F)S(=O)(=O)C(c2ccccc2)(c2ccccc2)c2ccc(C)cc2)cc1. The van der Waals surface area contributed by atoms with Crippen molar-refractivity contribution in [1.82, 2.24) is 0 Å². The summed E-state index contributed by atoms with van der Waals surface area (Å²) < 4.78 is 68.1. The van der Waals surface area contributed by atoms with Gasteiger partial charge >= 0.3 is 11.2 Å². The average molecular weight is 551 g/mol. The first-order valence-corrected chi connectivity index (χ1v) is 13.7. The number of halogens is 2. The highest BCUT2D eigenvalue weighted by atomic mass is 32.2. The van der Waals surface area contributed by atoms with Crippen molar-refractivity contribution in [3.8, 4) is 5.75 Å². The Morgan fingerprint density at radius 2 is 1.23 bits per heavy atom. The van der Waals surface area contributed by atoms with E-state index in [2.05, 4.69) is 0 Å². The quantitative estimate of drug-likeness (QED) is 0.177. The van der Waals surface area contributed by atoms with Gasteiger partial charge in [0, 0.05) is 0 Å². The Morgan fingerprint density at radius 1 is 0.744 bits per heavy atom. The molecule has 0 atom stereocenters. The highest BCUT2D eigenvalue weighted by Gasteiger charge is 2.61. The normalized spacial score (nSPS) is 12.1. The van der Waals surface area contributed by atoms with E-state index in [-0.39, 0.29) is 23.1 Å². The number of esters is 1. The Morgan fingerprint density at radius 3 is 1.72 bits per heavy atom. The average Bonchev–Trinajstić information content (AvgIpc) is 2.95. The first-order chi connectivity index (χ1) is 18.6. The van der Waals surface area contributed by atoms with Crippen LogP contribution < -0.4 is 4.74 Å². The van der Waals surface area contributed by atoms with Gasteiger partial charge in [0.1, 0.15) is 5.75 Å². The standard InChI is InChI=1S/C31H28F2O5S/c1-23-13-17-27(18-14-23)31(25-9-5-3-6-10-25,26-11-7-4-8-12-26)39(35,36)30(32,33)22-38-29(34)21-24-15-19-28(37-2)20-16-24/h3-20H,21-22H2,1-2H3. The summed E-state index contributed by atoms with van der Waals surface area (Å²) in [7, 11) is -3.95. The smallest absolute Gasteiger partial charge is 0.380 e. The van der Waals surface area contributed by atoms with Crippen LogP contribution in [0.15, 0.2) is 109 Å². The summed E-state index contributed by atoms with van der Waals surface area (Å²) in [4.78, 5) is 12.5. The van der Waals surface area contributed by atoms with Gasteiger partial charge in [-0.3, -0.25) is 4.79 Å². The number of rotatable bonds is 10. The van der Waals surface area contributed by atoms with E-state index >= 15 is 8.78 Å². The molecule has 4 rings (SSSR count). The summed E-state index contributed by atoms with van der Waals surface area (Å²) in [6, 6.07) is 28.7. The maximum Gasteiger partial charge on any atom is 0.380 e. The third-order valence-corrected chi connectivity index (χ3v) is 8.94. The molecule has 0 aromatic heterocycles. The van der Waals surface area contributed by atoms with Crippen LogP contribution in [-0.4, -0.2) is 33.4 Å². The second-order valence-electron chi connectivity index (χ2n) is 9.11. The number of ether oxygens (including phenoxy) is 2. The fourth-order valence-corrected chi connectivity index (χ4v) is 6.53. The van der Waals surface area contributed by atoms with Crippen molar-refractivity contribution < 1.29 is 31.5 Å². The molecule has 0 N–H and O–H groups in total. The van der Waals surface area contributed by atoms with Crippen molar-refractivity contribution in [3.05, 3.63) is 137 Å². The van der Waals surface area contributed by atoms with Crippen molar-refractivity contribution in [2.24, 2.45) is 0 Å². The van der Waals surface area contributed by atoms with Crippen molar-refractivity contribution in [2.45, 2.75) is 23.3 Å². The van der Waals surface area contributed by atoms with Crippen LogP contribution in [-0.2, 0) is 30.5 Å². The number of hydrogen-bond donors (Lipinski definition) is 0. The van der Waals surface area contributed by atoms with Crippen molar-refractivity contribution in [3.63, 3.8) is 0 Å². The zero-order valence-electron chi connectivity index (χ0n) is 21.5. The number of carbonyl (C=O) groups is 1. The lowest BCUT2D eigenvalue weighted by atomic mass is 9.84. The van der Waals surface area contributed by atoms with Crippen LogP contribution in [0.2, 0.25) is 0 Å². The van der Waals surface area contributed by atoms with Gasteiger partial charge in [0.15, 0.2) is 11.4 Å². The molecule has 0 bridgehead atoms. The van der Waals surface area contributed by atoms with Gasteiger partial charge in [0.2, 0.25) is 9.84 Å². The Kier molecular flexibility index (Phi) is 8.16. The van der Waals surface area contributed by atoms with Crippen molar-refractivity contribution in [1.29, 1.82) is 0 Å². The summed E-state index contributed by atoms with van der Waals surface area (Å²) in [6.07, 6.45) is -0.305. The topological polar surface area (TPSA) is 69.7 Å². The van der Waals surface area contributed by atoms with Gasteiger partial charge in [0.25, 0.3) is 0 Å². The maximum atomic E-state index is 15.9. The molecule has 0 aliphatic rings. The maximum absolute atomic E-state index is 15.9. The lowest BCUT2D eigenvalue weighted by Crippen LogP contribution is -2.50. The van der Waals surface area contributed by atoms with Crippen LogP contribution in [0.5, 0.6) is 5.75 Å². The second kappa shape index (κ2) is 11.4. The monoisotopic (exact) mass is 550 g/mol. The van der Waals surface area contributed by atoms with Crippen molar-refractivity contribution >= 4 is 15.8 Å². The molecule has 0 unspecified atom stereocenters. The summed E-state index contributed by atoms with van der Waals surface area (Å²) in [6.45, 7) is 0.194. The number of carbonyl (C=O) groups excluding carboxylic acids is 1. The molecule has 0 fully saturated rings. The number of alkyl halides is 2. The van der Waals surface area contributed by atoms with Crippen LogP contribution in [0.1, 0.15) is 27.8 Å². The van der Waals surface area contributed by atoms with E-state index in [1.165, 1.54) is 31.4 Å². The number of benzene rings is 4. The van der Waals surface area contributed by atoms with Gasteiger partial charge in [-0.15, -0.1) is 0 Å². The molecule has 8 heteroatoms. The highest BCUT2D eigenvalue weighted by molar-refractivity contribution is 7.93. The van der Waals surface area contributed by atoms with Crippen LogP contribution in [0.4, 0.5) is 8.78 Å². The lowest BCUT2D eigenvalue weighted by Gasteiger charge is -2.37. The van der Waals surface area contributed by atoms with E-state index in [1.54, 1.807) is 84.9 Å². The lowest BCUT2D eigenvalue weighted by molar-refractivity contribution is -0.148. The molecule has 39 heavy (non-hydrogen) atoms. The molecule has 0 amide bonds. The molecule has 0 heterocycles. The summed E-state index contributed by atoms with van der Waals surface area (Å²) >= 11 is 0. The summed E-state index contributed by atoms with van der Waals surface area (Å²) in [5.41, 5.74) is 1.78. The van der Waals surface area contributed by atoms with E-state index in [0.29, 0.717) is 11.3 Å². The van der Waals surface area contributed by atoms with Crippen LogP contribution in [0.3, 0.4) is 0 Å². The molecule has 0 spiro atoms. The number of sulfone groups is 1. The minimum atomic E-state index is -5.44. The fourth-order valence-electron chi connectivity index (χ4n) is 4.53. The minimum Gasteiger partial charge on any atom is -0.497 e. The minimum absolute atomic E-state index is 0.143. The van der Waals surface area contributed by atoms with Gasteiger partial charge in [0.05, 0.1) is 13.5 Å². The number of hydrogen-bond acceptors (Lipinski definition) is 5. The Bertz CT molecular complexity index is 1460. The Labute approximate surface area is 227 Å². The largest absolute Gasteiger partial charge is 0.497 e. The molecule has 5 nitrogen and oxygen atoms in total. The molecule has 0 aliphatic carbocycles. The zero-order valence-corrected chi connectivity index (χ0v) is 22.3. The van der Waals surface area contributed by atoms with Crippen LogP contribution in [0.25, 0.3) is 0 Å². The molecular formula is C31H28F2O5S. The number of methoxy groups -OCH3 is 1. The predicted molar refractivity (Wildman–Crippen MR) is 145 cm³/mol. The van der Waals surface area contributed by atoms with Gasteiger partial charge in [-0.1, -0.05) is 103 Å². The van der Waals surface area contributed by atoms with Gasteiger partial charge in [-0.05, 0) is 41.3 Å². The zero-order chi connectivity index (χ0) is 28.1. The second-order valence-corrected chi connectivity index (χ2v) is 11.3. The third-order valence-electron chi connectivity index (χ3n) is 6.52. The van der Waals surface area contributed by atoms with E-state index in [1.807, 2.05) is 6.92 Å². The highest BCUT2D eigenvalue weighted by Crippen LogP contribution is 2.49.